The smallest absolute Gasteiger partial charge is 0.248 e. The second kappa shape index (κ2) is 9.92. The summed E-state index contributed by atoms with van der Waals surface area (Å²) in [4.78, 5) is 5.06. The summed E-state index contributed by atoms with van der Waals surface area (Å²) < 4.78 is 35.0. The molecule has 0 aromatic heterocycles. The number of methoxy groups -OCH3 is 1. The maximum atomic E-state index is 13.9. The summed E-state index contributed by atoms with van der Waals surface area (Å²) in [7, 11) is -2.20. The van der Waals surface area contributed by atoms with Gasteiger partial charge in [-0.05, 0) is 69.0 Å². The highest BCUT2D eigenvalue weighted by Gasteiger charge is 2.45. The maximum Gasteiger partial charge on any atom is 0.248 e. The van der Waals surface area contributed by atoms with Crippen LogP contribution in [0.25, 0.3) is 0 Å². The van der Waals surface area contributed by atoms with Gasteiger partial charge in [-0.1, -0.05) is 29.8 Å². The highest BCUT2D eigenvalue weighted by molar-refractivity contribution is 7.89. The number of fused-ring (bicyclic) bond motifs is 1. The first kappa shape index (κ1) is 24.5. The first-order valence-corrected chi connectivity index (χ1v) is 13.4. The molecule has 2 atom stereocenters. The number of nitrogens with zero attached hydrogens (tertiary/aromatic N) is 3. The number of hydrogen-bond donors (Lipinski definition) is 0. The maximum absolute atomic E-state index is 13.9. The monoisotopic (exact) mass is 491 g/mol. The van der Waals surface area contributed by atoms with Gasteiger partial charge in [-0.25, -0.2) is 8.42 Å². The van der Waals surface area contributed by atoms with E-state index in [1.807, 2.05) is 25.1 Å². The summed E-state index contributed by atoms with van der Waals surface area (Å²) in [6, 6.07) is 13.9. The molecule has 0 aliphatic carbocycles. The fraction of sp³-hybridized carbons (Fsp3) is 0.520. The predicted octanol–water partition coefficient (Wildman–Crippen LogP) is 4.01. The molecule has 33 heavy (non-hydrogen) atoms. The van der Waals surface area contributed by atoms with Gasteiger partial charge in [0.25, 0.3) is 0 Å². The van der Waals surface area contributed by atoms with Gasteiger partial charge in [-0.3, -0.25) is 9.80 Å². The van der Waals surface area contributed by atoms with E-state index in [9.17, 15) is 8.42 Å². The second-order valence-electron chi connectivity index (χ2n) is 9.37. The van der Waals surface area contributed by atoms with E-state index in [2.05, 4.69) is 35.8 Å². The first-order valence-electron chi connectivity index (χ1n) is 11.6. The Hall–Kier alpha value is -1.64. The van der Waals surface area contributed by atoms with E-state index < -0.39 is 10.0 Å². The summed E-state index contributed by atoms with van der Waals surface area (Å²) in [6.07, 6.45) is 1.46. The Balaban J connectivity index is 1.69. The number of ether oxygens (including phenoxy) is 1. The molecule has 6 nitrogen and oxygen atoms in total. The quantitative estimate of drug-likeness (QED) is 0.611. The lowest BCUT2D eigenvalue weighted by atomic mass is 9.98. The molecule has 2 fully saturated rings. The van der Waals surface area contributed by atoms with Crippen molar-refractivity contribution < 1.29 is 13.2 Å². The summed E-state index contributed by atoms with van der Waals surface area (Å²) in [5, 5.41) is 0.728. The number of hydrogen-bond acceptors (Lipinski definition) is 5. The molecule has 0 spiro atoms. The molecule has 0 saturated carbocycles. The largest absolute Gasteiger partial charge is 0.495 e. The summed E-state index contributed by atoms with van der Waals surface area (Å²) >= 11 is 6.09. The van der Waals surface area contributed by atoms with Crippen molar-refractivity contribution in [1.29, 1.82) is 0 Å². The normalized spacial score (nSPS) is 23.0. The molecule has 180 valence electrons. The van der Waals surface area contributed by atoms with Crippen LogP contribution in [0.4, 0.5) is 0 Å². The SMILES string of the molecule is COc1ccc(C)cc1S(=O)(=O)N1CCCN2C(Cc3ccc(Cl)cc3)CN(C(C)C)CC21. The highest BCUT2D eigenvalue weighted by Crippen LogP contribution is 2.34. The van der Waals surface area contributed by atoms with Gasteiger partial charge in [-0.2, -0.15) is 4.31 Å². The Kier molecular flexibility index (Phi) is 7.36. The second-order valence-corrected chi connectivity index (χ2v) is 11.7. The Morgan fingerprint density at radius 2 is 1.82 bits per heavy atom. The third-order valence-electron chi connectivity index (χ3n) is 6.84. The van der Waals surface area contributed by atoms with Crippen LogP contribution in [0.1, 0.15) is 31.4 Å². The van der Waals surface area contributed by atoms with Gasteiger partial charge >= 0.3 is 0 Å². The standard InChI is InChI=1S/C25H34ClN3O3S/c1-18(2)27-16-22(15-20-7-9-21(26)10-8-20)28-12-5-13-29(25(28)17-27)33(30,31)24-14-19(3)6-11-23(24)32-4/h6-11,14,18,22,25H,5,12-13,15-17H2,1-4H3. The average Bonchev–Trinajstić information content (AvgIpc) is 2.80. The number of piperazine rings is 1. The van der Waals surface area contributed by atoms with Crippen molar-refractivity contribution in [3.05, 3.63) is 58.6 Å². The average molecular weight is 492 g/mol. The minimum atomic E-state index is -3.73. The number of sulfonamides is 1. The van der Waals surface area contributed by atoms with Gasteiger partial charge < -0.3 is 4.74 Å². The van der Waals surface area contributed by atoms with Crippen LogP contribution in [-0.4, -0.2) is 74.1 Å². The molecule has 2 aliphatic heterocycles. The zero-order valence-electron chi connectivity index (χ0n) is 19.9. The van der Waals surface area contributed by atoms with E-state index >= 15 is 0 Å². The Morgan fingerprint density at radius 1 is 1.09 bits per heavy atom. The van der Waals surface area contributed by atoms with Crippen molar-refractivity contribution in [2.24, 2.45) is 0 Å². The molecule has 2 aliphatic rings. The van der Waals surface area contributed by atoms with E-state index in [1.54, 1.807) is 16.4 Å². The molecule has 8 heteroatoms. The van der Waals surface area contributed by atoms with Gasteiger partial charge in [0, 0.05) is 43.3 Å². The Morgan fingerprint density at radius 3 is 2.48 bits per heavy atom. The van der Waals surface area contributed by atoms with E-state index in [0.717, 1.165) is 36.5 Å². The molecule has 0 radical (unpaired) electrons. The lowest BCUT2D eigenvalue weighted by Gasteiger charge is -2.53. The molecule has 2 aromatic rings. The number of halogens is 1. The van der Waals surface area contributed by atoms with Crippen molar-refractivity contribution >= 4 is 21.6 Å². The number of benzene rings is 2. The van der Waals surface area contributed by atoms with Crippen molar-refractivity contribution in [2.75, 3.05) is 33.3 Å². The number of aryl methyl sites for hydroxylation is 1. The van der Waals surface area contributed by atoms with Crippen molar-refractivity contribution in [1.82, 2.24) is 14.1 Å². The van der Waals surface area contributed by atoms with Crippen LogP contribution in [0.3, 0.4) is 0 Å². The van der Waals surface area contributed by atoms with Crippen LogP contribution in [0.5, 0.6) is 5.75 Å². The summed E-state index contributed by atoms with van der Waals surface area (Å²) in [5.41, 5.74) is 2.12. The summed E-state index contributed by atoms with van der Waals surface area (Å²) in [5.74, 6) is 0.395. The van der Waals surface area contributed by atoms with Crippen molar-refractivity contribution in [2.45, 2.75) is 56.8 Å². The van der Waals surface area contributed by atoms with Gasteiger partial charge in [0.05, 0.1) is 13.3 Å². The van der Waals surface area contributed by atoms with Crippen LogP contribution < -0.4 is 4.74 Å². The lowest BCUT2D eigenvalue weighted by Crippen LogP contribution is -2.68. The van der Waals surface area contributed by atoms with Crippen molar-refractivity contribution in [3.8, 4) is 5.75 Å². The first-order chi connectivity index (χ1) is 15.7. The van der Waals surface area contributed by atoms with Gasteiger partial charge in [0.1, 0.15) is 10.6 Å². The van der Waals surface area contributed by atoms with Crippen molar-refractivity contribution in [3.63, 3.8) is 0 Å². The molecule has 2 aromatic carbocycles. The van der Waals surface area contributed by atoms with Crippen LogP contribution >= 0.6 is 11.6 Å². The molecular formula is C25H34ClN3O3S. The van der Waals surface area contributed by atoms with Crippen LogP contribution in [0.15, 0.2) is 47.4 Å². The van der Waals surface area contributed by atoms with E-state index in [-0.39, 0.29) is 17.1 Å². The highest BCUT2D eigenvalue weighted by atomic mass is 35.5. The molecule has 0 amide bonds. The van der Waals surface area contributed by atoms with Gasteiger partial charge in [0.2, 0.25) is 10.0 Å². The van der Waals surface area contributed by atoms with E-state index in [0.29, 0.717) is 24.9 Å². The zero-order valence-corrected chi connectivity index (χ0v) is 21.4. The molecule has 0 N–H and O–H groups in total. The zero-order chi connectivity index (χ0) is 23.8. The van der Waals surface area contributed by atoms with E-state index in [4.69, 9.17) is 16.3 Å². The minimum absolute atomic E-state index is 0.206. The Bertz CT molecular complexity index is 1070. The van der Waals surface area contributed by atoms with Gasteiger partial charge in [0.15, 0.2) is 0 Å². The van der Waals surface area contributed by atoms with Crippen LogP contribution in [-0.2, 0) is 16.4 Å². The molecule has 2 unspecified atom stereocenters. The predicted molar refractivity (Wildman–Crippen MR) is 132 cm³/mol. The lowest BCUT2D eigenvalue weighted by molar-refractivity contribution is -0.0563. The minimum Gasteiger partial charge on any atom is -0.495 e. The van der Waals surface area contributed by atoms with E-state index in [1.165, 1.54) is 12.7 Å². The topological polar surface area (TPSA) is 53.1 Å². The Labute approximate surface area is 203 Å². The third kappa shape index (κ3) is 5.08. The summed E-state index contributed by atoms with van der Waals surface area (Å²) in [6.45, 7) is 9.29. The fourth-order valence-electron chi connectivity index (χ4n) is 5.04. The third-order valence-corrected chi connectivity index (χ3v) is 9.01. The molecule has 4 rings (SSSR count). The fourth-order valence-corrected chi connectivity index (χ4v) is 7.04. The number of rotatable bonds is 6. The van der Waals surface area contributed by atoms with Gasteiger partial charge in [-0.15, -0.1) is 0 Å². The molecule has 0 bridgehead atoms. The van der Waals surface area contributed by atoms with Crippen LogP contribution in [0, 0.1) is 6.92 Å². The molecule has 2 saturated heterocycles. The molecule has 2 heterocycles. The van der Waals surface area contributed by atoms with Crippen LogP contribution in [0.2, 0.25) is 5.02 Å². The molecular weight excluding hydrogens is 458 g/mol.